The van der Waals surface area contributed by atoms with Gasteiger partial charge in [-0.05, 0) is 24.1 Å². The van der Waals surface area contributed by atoms with E-state index in [1.165, 1.54) is 11.1 Å². The van der Waals surface area contributed by atoms with Crippen LogP contribution in [0.2, 0.25) is 0 Å². The number of anilines is 1. The average Bonchev–Trinajstić information content (AvgIpc) is 2.85. The molecule has 0 atom stereocenters. The lowest BCUT2D eigenvalue weighted by Gasteiger charge is -2.06. The Morgan fingerprint density at radius 2 is 2.11 bits per heavy atom. The van der Waals surface area contributed by atoms with E-state index in [2.05, 4.69) is 45.5 Å². The van der Waals surface area contributed by atoms with E-state index in [4.69, 9.17) is 5.73 Å². The molecule has 0 saturated heterocycles. The number of rotatable bonds is 3. The zero-order valence-corrected chi connectivity index (χ0v) is 11.2. The Balaban J connectivity index is 1.90. The third-order valence-electron chi connectivity index (χ3n) is 2.92. The molecule has 0 fully saturated rings. The number of aromatic amines is 1. The molecule has 0 aliphatic carbocycles. The number of nitrogen functional groups attached to an aromatic ring is 1. The van der Waals surface area contributed by atoms with E-state index >= 15 is 0 Å². The van der Waals surface area contributed by atoms with E-state index in [1.807, 2.05) is 12.1 Å². The van der Waals surface area contributed by atoms with Gasteiger partial charge in [0.15, 0.2) is 0 Å². The largest absolute Gasteiger partial charge is 0.384 e. The first-order chi connectivity index (χ1) is 9.24. The Bertz CT molecular complexity index is 722. The van der Waals surface area contributed by atoms with Crippen LogP contribution in [0.15, 0.2) is 35.2 Å². The molecule has 19 heavy (non-hydrogen) atoms. The molecule has 0 bridgehead atoms. The number of aryl methyl sites for hydroxylation is 1. The quantitative estimate of drug-likeness (QED) is 0.715. The predicted molar refractivity (Wildman–Crippen MR) is 76.8 cm³/mol. The summed E-state index contributed by atoms with van der Waals surface area (Å²) in [6.07, 6.45) is 0. The summed E-state index contributed by atoms with van der Waals surface area (Å²) in [5, 5.41) is 10.7. The number of hydrogen-bond donors (Lipinski definition) is 2. The molecule has 3 rings (SSSR count). The highest BCUT2D eigenvalue weighted by Crippen LogP contribution is 2.29. The van der Waals surface area contributed by atoms with Crippen LogP contribution in [0.3, 0.4) is 0 Å². The van der Waals surface area contributed by atoms with Gasteiger partial charge in [-0.2, -0.15) is 10.3 Å². The fourth-order valence-corrected chi connectivity index (χ4v) is 2.98. The summed E-state index contributed by atoms with van der Waals surface area (Å²) in [4.78, 5) is 5.13. The van der Waals surface area contributed by atoms with Gasteiger partial charge >= 0.3 is 0 Å². The van der Waals surface area contributed by atoms with E-state index in [0.717, 1.165) is 16.2 Å². The van der Waals surface area contributed by atoms with Crippen LogP contribution in [0, 0.1) is 6.92 Å². The minimum atomic E-state index is 0.466. The fourth-order valence-electron chi connectivity index (χ4n) is 1.86. The van der Waals surface area contributed by atoms with E-state index in [1.54, 1.807) is 11.8 Å². The fraction of sp³-hybridized carbons (Fsp3) is 0.154. The molecule has 1 aromatic carbocycles. The van der Waals surface area contributed by atoms with Crippen molar-refractivity contribution in [3.05, 3.63) is 41.5 Å². The highest BCUT2D eigenvalue weighted by atomic mass is 32.2. The maximum absolute atomic E-state index is 5.78. The van der Waals surface area contributed by atoms with Crippen LogP contribution in [-0.4, -0.2) is 20.4 Å². The molecule has 3 aromatic rings. The van der Waals surface area contributed by atoms with Gasteiger partial charge in [-0.25, -0.2) is 4.98 Å². The maximum Gasteiger partial charge on any atom is 0.204 e. The van der Waals surface area contributed by atoms with Gasteiger partial charge in [-0.3, -0.25) is 0 Å². The molecule has 96 valence electrons. The molecule has 0 amide bonds. The molecule has 2 heterocycles. The van der Waals surface area contributed by atoms with Gasteiger partial charge in [0.25, 0.3) is 0 Å². The summed E-state index contributed by atoms with van der Waals surface area (Å²) in [5.41, 5.74) is 9.70. The lowest BCUT2D eigenvalue weighted by Crippen LogP contribution is -1.92. The number of fused-ring (bicyclic) bond motifs is 1. The monoisotopic (exact) mass is 271 g/mol. The second-order valence-electron chi connectivity index (χ2n) is 4.26. The summed E-state index contributed by atoms with van der Waals surface area (Å²) in [5.74, 6) is 1.34. The van der Waals surface area contributed by atoms with Crippen molar-refractivity contribution in [1.29, 1.82) is 0 Å². The van der Waals surface area contributed by atoms with Crippen molar-refractivity contribution in [2.24, 2.45) is 0 Å². The highest BCUT2D eigenvalue weighted by molar-refractivity contribution is 7.98. The van der Waals surface area contributed by atoms with E-state index in [0.29, 0.717) is 11.5 Å². The molecule has 0 saturated carbocycles. The normalized spacial score (nSPS) is 11.0. The van der Waals surface area contributed by atoms with Crippen LogP contribution in [0.4, 0.5) is 5.82 Å². The van der Waals surface area contributed by atoms with Crippen molar-refractivity contribution in [2.45, 2.75) is 17.6 Å². The van der Waals surface area contributed by atoms with Crippen LogP contribution in [0.25, 0.3) is 11.2 Å². The molecular formula is C13H13N5S. The number of nitrogens with two attached hydrogens (primary N) is 1. The van der Waals surface area contributed by atoms with Crippen molar-refractivity contribution in [2.75, 3.05) is 5.73 Å². The number of H-pyrrole nitrogens is 1. The van der Waals surface area contributed by atoms with Crippen LogP contribution < -0.4 is 5.73 Å². The van der Waals surface area contributed by atoms with Crippen LogP contribution in [0.1, 0.15) is 11.1 Å². The van der Waals surface area contributed by atoms with Crippen LogP contribution >= 0.6 is 11.8 Å². The molecular weight excluding hydrogens is 258 g/mol. The summed E-state index contributed by atoms with van der Waals surface area (Å²) >= 11 is 1.69. The number of benzene rings is 1. The number of nitrogens with one attached hydrogen (secondary N) is 1. The SMILES string of the molecule is Cc1ccccc1CSc1cc(N)nc2n[nH]nc12. The maximum atomic E-state index is 5.78. The van der Waals surface area contributed by atoms with Crippen molar-refractivity contribution >= 4 is 28.7 Å². The van der Waals surface area contributed by atoms with Gasteiger partial charge in [0, 0.05) is 10.6 Å². The summed E-state index contributed by atoms with van der Waals surface area (Å²) in [6.45, 7) is 2.11. The molecule has 0 radical (unpaired) electrons. The zero-order chi connectivity index (χ0) is 13.2. The Hall–Kier alpha value is -2.08. The molecule has 6 heteroatoms. The lowest BCUT2D eigenvalue weighted by atomic mass is 10.1. The second kappa shape index (κ2) is 4.89. The molecule has 5 nitrogen and oxygen atoms in total. The van der Waals surface area contributed by atoms with Gasteiger partial charge in [-0.15, -0.1) is 16.9 Å². The molecule has 0 aliphatic rings. The third-order valence-corrected chi connectivity index (χ3v) is 4.00. The van der Waals surface area contributed by atoms with Gasteiger partial charge < -0.3 is 5.73 Å². The van der Waals surface area contributed by atoms with Crippen LogP contribution in [0.5, 0.6) is 0 Å². The van der Waals surface area contributed by atoms with Crippen molar-refractivity contribution < 1.29 is 0 Å². The number of pyridine rings is 1. The van der Waals surface area contributed by atoms with Gasteiger partial charge in [-0.1, -0.05) is 24.3 Å². The highest BCUT2D eigenvalue weighted by Gasteiger charge is 2.09. The van der Waals surface area contributed by atoms with Gasteiger partial charge in [0.05, 0.1) is 0 Å². The Kier molecular flexibility index (Phi) is 3.08. The van der Waals surface area contributed by atoms with E-state index in [-0.39, 0.29) is 0 Å². The molecule has 3 N–H and O–H groups in total. The van der Waals surface area contributed by atoms with Gasteiger partial charge in [0.1, 0.15) is 11.3 Å². The smallest absolute Gasteiger partial charge is 0.204 e. The Labute approximate surface area is 114 Å². The number of nitrogens with zero attached hydrogens (tertiary/aromatic N) is 3. The van der Waals surface area contributed by atoms with Crippen molar-refractivity contribution in [3.8, 4) is 0 Å². The molecule has 0 spiro atoms. The van der Waals surface area contributed by atoms with Crippen molar-refractivity contribution in [1.82, 2.24) is 20.4 Å². The summed E-state index contributed by atoms with van der Waals surface area (Å²) in [6, 6.07) is 10.2. The zero-order valence-electron chi connectivity index (χ0n) is 10.4. The first-order valence-corrected chi connectivity index (χ1v) is 6.87. The molecule has 0 unspecified atom stereocenters. The number of hydrogen-bond acceptors (Lipinski definition) is 5. The third kappa shape index (κ3) is 2.39. The second-order valence-corrected chi connectivity index (χ2v) is 5.27. The van der Waals surface area contributed by atoms with E-state index in [9.17, 15) is 0 Å². The standard InChI is InChI=1S/C13H13N5S/c1-8-4-2-3-5-9(8)7-19-10-6-11(14)15-13-12(10)16-18-17-13/h2-6H,7H2,1H3,(H3,14,15,16,17,18). The summed E-state index contributed by atoms with van der Waals surface area (Å²) in [7, 11) is 0. The van der Waals surface area contributed by atoms with Crippen LogP contribution in [-0.2, 0) is 5.75 Å². The first kappa shape index (κ1) is 12.0. The minimum Gasteiger partial charge on any atom is -0.384 e. The summed E-state index contributed by atoms with van der Waals surface area (Å²) < 4.78 is 0. The molecule has 0 aliphatic heterocycles. The Morgan fingerprint density at radius 3 is 2.95 bits per heavy atom. The minimum absolute atomic E-state index is 0.466. The predicted octanol–water partition coefficient (Wildman–Crippen LogP) is 2.54. The average molecular weight is 271 g/mol. The number of aromatic nitrogens is 4. The topological polar surface area (TPSA) is 80.5 Å². The van der Waals surface area contributed by atoms with E-state index < -0.39 is 0 Å². The first-order valence-electron chi connectivity index (χ1n) is 5.88. The lowest BCUT2D eigenvalue weighted by molar-refractivity contribution is 0.953. The Morgan fingerprint density at radius 1 is 1.26 bits per heavy atom. The van der Waals surface area contributed by atoms with Crippen molar-refractivity contribution in [3.63, 3.8) is 0 Å². The molecule has 2 aromatic heterocycles. The number of thioether (sulfide) groups is 1. The van der Waals surface area contributed by atoms with Gasteiger partial charge in [0.2, 0.25) is 5.65 Å².